The normalized spacial score (nSPS) is 11.1. The Morgan fingerprint density at radius 3 is 2.88 bits per heavy atom. The molecule has 0 bridgehead atoms. The summed E-state index contributed by atoms with van der Waals surface area (Å²) >= 11 is 0. The lowest BCUT2D eigenvalue weighted by molar-refractivity contribution is -0.658. The van der Waals surface area contributed by atoms with E-state index < -0.39 is 5.97 Å². The van der Waals surface area contributed by atoms with Gasteiger partial charge in [0.2, 0.25) is 11.5 Å². The van der Waals surface area contributed by atoms with Gasteiger partial charge >= 0.3 is 5.97 Å². The van der Waals surface area contributed by atoms with Gasteiger partial charge in [-0.05, 0) is 31.5 Å². The third-order valence-electron chi connectivity index (χ3n) is 3.80. The third-order valence-corrected chi connectivity index (χ3v) is 3.80. The van der Waals surface area contributed by atoms with Crippen molar-refractivity contribution >= 4 is 28.5 Å². The van der Waals surface area contributed by atoms with Crippen LogP contribution in [0.1, 0.15) is 30.6 Å². The molecule has 0 atom stereocenters. The third kappa shape index (κ3) is 2.47. The van der Waals surface area contributed by atoms with Crippen LogP contribution in [0.25, 0.3) is 16.7 Å². The highest BCUT2D eigenvalue weighted by atomic mass is 16.5. The number of anilines is 1. The van der Waals surface area contributed by atoms with Crippen LogP contribution in [0.15, 0.2) is 35.3 Å². The first kappa shape index (κ1) is 15.9. The Hall–Kier alpha value is -2.96. The number of nitrogen functional groups attached to an aromatic ring is 1. The average Bonchev–Trinajstić information content (AvgIpc) is 2.58. The highest BCUT2D eigenvalue weighted by Crippen LogP contribution is 2.15. The first-order valence-electron chi connectivity index (χ1n) is 7.89. The predicted molar refractivity (Wildman–Crippen MR) is 89.8 cm³/mol. The van der Waals surface area contributed by atoms with Gasteiger partial charge in [-0.15, -0.1) is 0 Å². The number of pyridine rings is 2. The van der Waals surface area contributed by atoms with Gasteiger partial charge in [-0.2, -0.15) is 0 Å². The van der Waals surface area contributed by atoms with E-state index in [0.717, 1.165) is 6.42 Å². The minimum absolute atomic E-state index is 0.188. The Morgan fingerprint density at radius 1 is 1.38 bits per heavy atom. The molecule has 0 aliphatic heterocycles. The lowest BCUT2D eigenvalue weighted by Gasteiger charge is -2.10. The summed E-state index contributed by atoms with van der Waals surface area (Å²) in [5.41, 5.74) is 7.12. The zero-order valence-corrected chi connectivity index (χ0v) is 13.7. The van der Waals surface area contributed by atoms with Gasteiger partial charge in [0, 0.05) is 6.20 Å². The molecular formula is C17H19N4O3+. The van der Waals surface area contributed by atoms with Crippen LogP contribution in [0, 0.1) is 0 Å². The highest BCUT2D eigenvalue weighted by molar-refractivity contribution is 5.96. The van der Waals surface area contributed by atoms with Crippen LogP contribution in [-0.4, -0.2) is 22.0 Å². The van der Waals surface area contributed by atoms with Gasteiger partial charge < -0.3 is 10.5 Å². The summed E-state index contributed by atoms with van der Waals surface area (Å²) in [5, 5.41) is 0.337. The van der Waals surface area contributed by atoms with Crippen molar-refractivity contribution in [2.45, 2.75) is 26.8 Å². The van der Waals surface area contributed by atoms with Crippen molar-refractivity contribution in [3.63, 3.8) is 0 Å². The largest absolute Gasteiger partial charge is 0.462 e. The molecule has 0 saturated carbocycles. The molecule has 0 radical (unpaired) electrons. The number of ether oxygens (including phenoxy) is 1. The number of esters is 1. The lowest BCUT2D eigenvalue weighted by Crippen LogP contribution is -2.41. The van der Waals surface area contributed by atoms with Crippen LogP contribution < -0.4 is 15.9 Å². The van der Waals surface area contributed by atoms with E-state index in [-0.39, 0.29) is 23.5 Å². The molecule has 0 unspecified atom stereocenters. The molecule has 0 spiro atoms. The van der Waals surface area contributed by atoms with E-state index in [0.29, 0.717) is 23.2 Å². The maximum absolute atomic E-state index is 12.8. The second-order valence-corrected chi connectivity index (χ2v) is 5.40. The zero-order chi connectivity index (χ0) is 17.3. The maximum Gasteiger partial charge on any atom is 0.344 e. The minimum atomic E-state index is -0.542. The second kappa shape index (κ2) is 6.27. The zero-order valence-electron chi connectivity index (χ0n) is 13.7. The van der Waals surface area contributed by atoms with Crippen molar-refractivity contribution in [2.24, 2.45) is 0 Å². The van der Waals surface area contributed by atoms with Crippen molar-refractivity contribution in [2.75, 3.05) is 12.3 Å². The Bertz CT molecular complexity index is 994. The predicted octanol–water partition coefficient (Wildman–Crippen LogP) is 1.30. The van der Waals surface area contributed by atoms with Gasteiger partial charge in [0.1, 0.15) is 10.9 Å². The summed E-state index contributed by atoms with van der Waals surface area (Å²) in [6.45, 7) is 4.49. The number of fused-ring (bicyclic) bond motifs is 2. The summed E-state index contributed by atoms with van der Waals surface area (Å²) in [5.74, 6) is -0.283. The van der Waals surface area contributed by atoms with E-state index in [9.17, 15) is 9.59 Å². The minimum Gasteiger partial charge on any atom is -0.462 e. The van der Waals surface area contributed by atoms with Crippen molar-refractivity contribution in [3.05, 3.63) is 46.4 Å². The molecule has 7 nitrogen and oxygen atoms in total. The molecule has 2 N–H and O–H groups in total. The van der Waals surface area contributed by atoms with Gasteiger partial charge in [0.15, 0.2) is 0 Å². The van der Waals surface area contributed by atoms with Crippen LogP contribution in [0.3, 0.4) is 0 Å². The van der Waals surface area contributed by atoms with E-state index in [4.69, 9.17) is 10.5 Å². The topological polar surface area (TPSA) is 90.6 Å². The number of nitrogens with two attached hydrogens (primary N) is 1. The van der Waals surface area contributed by atoms with Crippen LogP contribution in [0.2, 0.25) is 0 Å². The summed E-state index contributed by atoms with van der Waals surface area (Å²) in [6, 6.07) is 6.80. The number of hydrogen-bond acceptors (Lipinski definition) is 5. The van der Waals surface area contributed by atoms with E-state index in [1.54, 1.807) is 29.8 Å². The fourth-order valence-electron chi connectivity index (χ4n) is 2.72. The Morgan fingerprint density at radius 2 is 2.17 bits per heavy atom. The molecule has 124 valence electrons. The molecule has 24 heavy (non-hydrogen) atoms. The number of carbonyl (C=O) groups is 1. The van der Waals surface area contributed by atoms with Crippen LogP contribution in [-0.2, 0) is 11.3 Å². The molecule has 3 heterocycles. The Kier molecular flexibility index (Phi) is 4.16. The van der Waals surface area contributed by atoms with Crippen LogP contribution >= 0.6 is 0 Å². The first-order valence-corrected chi connectivity index (χ1v) is 7.89. The molecule has 0 aliphatic carbocycles. The molecule has 0 aromatic carbocycles. The number of carbonyl (C=O) groups excluding carboxylic acids is 1. The van der Waals surface area contributed by atoms with Crippen LogP contribution in [0.4, 0.5) is 5.82 Å². The van der Waals surface area contributed by atoms with Crippen molar-refractivity contribution in [1.82, 2.24) is 9.38 Å². The smallest absolute Gasteiger partial charge is 0.344 e. The fraction of sp³-hybridized carbons (Fsp3) is 0.294. The Balaban J connectivity index is 2.43. The lowest BCUT2D eigenvalue weighted by atomic mass is 10.2. The maximum atomic E-state index is 12.8. The monoisotopic (exact) mass is 327 g/mol. The average molecular weight is 327 g/mol. The first-order chi connectivity index (χ1) is 11.6. The van der Waals surface area contributed by atoms with E-state index in [1.165, 1.54) is 10.5 Å². The molecule has 0 amide bonds. The van der Waals surface area contributed by atoms with Crippen LogP contribution in [0.5, 0.6) is 0 Å². The number of rotatable bonds is 4. The van der Waals surface area contributed by atoms with Gasteiger partial charge in [0.25, 0.3) is 11.2 Å². The van der Waals surface area contributed by atoms with Crippen molar-refractivity contribution in [1.29, 1.82) is 0 Å². The number of aryl methyl sites for hydroxylation is 1. The SMILES string of the molecule is CCC[n+]1c(N)c(C(=O)OCC)cc2c(=O)n3ccccc3nc21. The molecule has 0 aliphatic rings. The van der Waals surface area contributed by atoms with Gasteiger partial charge in [-0.25, -0.2) is 9.36 Å². The van der Waals surface area contributed by atoms with E-state index >= 15 is 0 Å². The molecule has 0 saturated heterocycles. The number of aromatic nitrogens is 3. The fourth-order valence-corrected chi connectivity index (χ4v) is 2.72. The van der Waals surface area contributed by atoms with Gasteiger partial charge in [-0.3, -0.25) is 9.20 Å². The molecular weight excluding hydrogens is 308 g/mol. The standard InChI is InChI=1S/C17H18N4O3/c1-3-8-21-14(18)11(17(23)24-4-2)10-12-15(21)19-13-7-5-6-9-20(13)16(12)22/h5-7,9-10,18H,3-4,8H2,1-2H3/p+1. The second-order valence-electron chi connectivity index (χ2n) is 5.40. The molecule has 0 fully saturated rings. The van der Waals surface area contributed by atoms with Gasteiger partial charge in [-0.1, -0.05) is 18.0 Å². The summed E-state index contributed by atoms with van der Waals surface area (Å²) in [6.07, 6.45) is 2.43. The molecule has 3 aromatic heterocycles. The molecule has 3 aromatic rings. The van der Waals surface area contributed by atoms with Crippen molar-refractivity contribution < 1.29 is 14.1 Å². The number of nitrogens with zero attached hydrogens (tertiary/aromatic N) is 3. The summed E-state index contributed by atoms with van der Waals surface area (Å²) < 4.78 is 8.21. The highest BCUT2D eigenvalue weighted by Gasteiger charge is 2.24. The quantitative estimate of drug-likeness (QED) is 0.443. The molecule has 3 rings (SSSR count). The van der Waals surface area contributed by atoms with E-state index in [1.807, 2.05) is 13.0 Å². The summed E-state index contributed by atoms with van der Waals surface area (Å²) in [4.78, 5) is 29.6. The molecule has 7 heteroatoms. The van der Waals surface area contributed by atoms with E-state index in [2.05, 4.69) is 4.98 Å². The number of hydrogen-bond donors (Lipinski definition) is 1. The van der Waals surface area contributed by atoms with Gasteiger partial charge in [0.05, 0.1) is 13.2 Å². The van der Waals surface area contributed by atoms with Crippen molar-refractivity contribution in [3.8, 4) is 0 Å². The Labute approximate surface area is 138 Å². The summed E-state index contributed by atoms with van der Waals surface area (Å²) in [7, 11) is 0.